The predicted octanol–water partition coefficient (Wildman–Crippen LogP) is 3.07. The number of anilines is 1. The van der Waals surface area contributed by atoms with Gasteiger partial charge in [0, 0.05) is 43.4 Å². The molecule has 0 radical (unpaired) electrons. The Morgan fingerprint density at radius 3 is 2.70 bits per heavy atom. The highest BCUT2D eigenvalue weighted by molar-refractivity contribution is 7.92. The standard InChI is InChI=1S/C18H20N2O5S2/c1-27(23,24)17-9-16(20(21)22)18(26-17)19-10-13(12-5-3-2-4-6-12)14-11-25-8-7-15(14)19/h2-6,9,13-15H,7-8,10-11H2,1H3/t13-,14-,15-/m1/s1. The van der Waals surface area contributed by atoms with Crippen LogP contribution in [-0.2, 0) is 14.6 Å². The Morgan fingerprint density at radius 2 is 2.04 bits per heavy atom. The number of sulfone groups is 1. The first kappa shape index (κ1) is 18.4. The molecule has 0 saturated carbocycles. The Hall–Kier alpha value is -1.97. The van der Waals surface area contributed by atoms with E-state index in [9.17, 15) is 18.5 Å². The molecule has 0 N–H and O–H groups in total. The quantitative estimate of drug-likeness (QED) is 0.570. The lowest BCUT2D eigenvalue weighted by atomic mass is 9.84. The summed E-state index contributed by atoms with van der Waals surface area (Å²) < 4.78 is 29.6. The molecular formula is C18H20N2O5S2. The second kappa shape index (κ2) is 6.88. The topological polar surface area (TPSA) is 89.8 Å². The van der Waals surface area contributed by atoms with Crippen molar-refractivity contribution in [2.24, 2.45) is 5.92 Å². The smallest absolute Gasteiger partial charge is 0.305 e. The molecule has 3 heterocycles. The lowest BCUT2D eigenvalue weighted by molar-refractivity contribution is -0.383. The van der Waals surface area contributed by atoms with Crippen LogP contribution in [0.2, 0.25) is 0 Å². The van der Waals surface area contributed by atoms with Gasteiger partial charge < -0.3 is 9.64 Å². The molecule has 1 aromatic heterocycles. The minimum Gasteiger partial charge on any atom is -0.381 e. The van der Waals surface area contributed by atoms with Crippen molar-refractivity contribution < 1.29 is 18.1 Å². The minimum atomic E-state index is -3.50. The molecule has 9 heteroatoms. The van der Waals surface area contributed by atoms with Crippen molar-refractivity contribution in [1.82, 2.24) is 0 Å². The van der Waals surface area contributed by atoms with E-state index in [2.05, 4.69) is 12.1 Å². The third kappa shape index (κ3) is 3.35. The van der Waals surface area contributed by atoms with Crippen molar-refractivity contribution in [2.45, 2.75) is 22.6 Å². The van der Waals surface area contributed by atoms with Crippen LogP contribution in [0.4, 0.5) is 10.7 Å². The third-order valence-corrected chi connectivity index (χ3v) is 8.36. The molecule has 4 rings (SSSR count). The van der Waals surface area contributed by atoms with Gasteiger partial charge in [0.15, 0.2) is 14.8 Å². The molecule has 0 aliphatic carbocycles. The van der Waals surface area contributed by atoms with Gasteiger partial charge in [-0.1, -0.05) is 41.7 Å². The van der Waals surface area contributed by atoms with E-state index in [1.165, 1.54) is 11.6 Å². The SMILES string of the molecule is CS(=O)(=O)c1cc([N+](=O)[O-])c(N2C[C@H](c3ccccc3)[C@H]3COCC[C@H]32)s1. The summed E-state index contributed by atoms with van der Waals surface area (Å²) in [4.78, 5) is 13.2. The van der Waals surface area contributed by atoms with Gasteiger partial charge in [-0.2, -0.15) is 0 Å². The summed E-state index contributed by atoms with van der Waals surface area (Å²) in [5.74, 6) is 0.421. The van der Waals surface area contributed by atoms with Crippen LogP contribution in [0, 0.1) is 16.0 Å². The summed E-state index contributed by atoms with van der Waals surface area (Å²) in [6, 6.07) is 11.4. The zero-order valence-electron chi connectivity index (χ0n) is 14.8. The van der Waals surface area contributed by atoms with E-state index in [4.69, 9.17) is 4.74 Å². The first-order chi connectivity index (χ1) is 12.9. The lowest BCUT2D eigenvalue weighted by Crippen LogP contribution is -2.38. The number of nitro groups is 1. The fourth-order valence-corrected chi connectivity index (χ4v) is 6.25. The van der Waals surface area contributed by atoms with Crippen LogP contribution in [0.3, 0.4) is 0 Å². The predicted molar refractivity (Wildman–Crippen MR) is 103 cm³/mol. The number of nitrogens with zero attached hydrogens (tertiary/aromatic N) is 2. The molecule has 2 aromatic rings. The number of thiophene rings is 1. The summed E-state index contributed by atoms with van der Waals surface area (Å²) in [6.07, 6.45) is 1.86. The second-order valence-electron chi connectivity index (χ2n) is 7.05. The van der Waals surface area contributed by atoms with Crippen molar-refractivity contribution >= 4 is 31.9 Å². The van der Waals surface area contributed by atoms with E-state index in [1.807, 2.05) is 23.1 Å². The number of hydrogen-bond donors (Lipinski definition) is 0. The maximum absolute atomic E-state index is 12.0. The summed E-state index contributed by atoms with van der Waals surface area (Å²) in [7, 11) is -3.50. The first-order valence-corrected chi connectivity index (χ1v) is 11.4. The van der Waals surface area contributed by atoms with Crippen LogP contribution >= 0.6 is 11.3 Å². The summed E-state index contributed by atoms with van der Waals surface area (Å²) in [6.45, 7) is 1.84. The number of ether oxygens (including phenoxy) is 1. The summed E-state index contributed by atoms with van der Waals surface area (Å²) in [5.41, 5.74) is 1.06. The van der Waals surface area contributed by atoms with Crippen LogP contribution in [0.15, 0.2) is 40.6 Å². The van der Waals surface area contributed by atoms with Gasteiger partial charge >= 0.3 is 5.69 Å². The molecule has 0 bridgehead atoms. The maximum Gasteiger partial charge on any atom is 0.305 e. The van der Waals surface area contributed by atoms with Gasteiger partial charge in [-0.15, -0.1) is 0 Å². The average molecular weight is 409 g/mol. The van der Waals surface area contributed by atoms with Gasteiger partial charge in [0.1, 0.15) is 4.21 Å². The van der Waals surface area contributed by atoms with Crippen molar-refractivity contribution in [3.05, 3.63) is 52.1 Å². The molecule has 0 unspecified atom stereocenters. The minimum absolute atomic E-state index is 0.0379. The summed E-state index contributed by atoms with van der Waals surface area (Å²) in [5, 5.41) is 12.0. The highest BCUT2D eigenvalue weighted by Gasteiger charge is 2.46. The fourth-order valence-electron chi connectivity index (χ4n) is 4.16. The molecule has 0 amide bonds. The Kier molecular flexibility index (Phi) is 4.69. The zero-order chi connectivity index (χ0) is 19.2. The number of fused-ring (bicyclic) bond motifs is 1. The molecule has 7 nitrogen and oxygen atoms in total. The van der Waals surface area contributed by atoms with E-state index in [0.29, 0.717) is 24.8 Å². The first-order valence-electron chi connectivity index (χ1n) is 8.74. The molecule has 2 aliphatic rings. The molecule has 144 valence electrons. The van der Waals surface area contributed by atoms with Gasteiger partial charge in [-0.25, -0.2) is 8.42 Å². The number of hydrogen-bond acceptors (Lipinski definition) is 7. The Morgan fingerprint density at radius 1 is 1.30 bits per heavy atom. The Bertz CT molecular complexity index is 957. The van der Waals surface area contributed by atoms with Gasteiger partial charge in [0.2, 0.25) is 0 Å². The van der Waals surface area contributed by atoms with E-state index in [0.717, 1.165) is 24.0 Å². The highest BCUT2D eigenvalue weighted by atomic mass is 32.2. The Balaban J connectivity index is 1.77. The maximum atomic E-state index is 12.0. The van der Waals surface area contributed by atoms with E-state index in [1.54, 1.807) is 0 Å². The van der Waals surface area contributed by atoms with Crippen LogP contribution in [0.1, 0.15) is 17.9 Å². The van der Waals surface area contributed by atoms with Crippen LogP contribution < -0.4 is 4.90 Å². The van der Waals surface area contributed by atoms with Crippen molar-refractivity contribution in [2.75, 3.05) is 30.9 Å². The molecule has 2 saturated heterocycles. The van der Waals surface area contributed by atoms with Crippen LogP contribution in [0.25, 0.3) is 0 Å². The molecule has 2 aliphatic heterocycles. The van der Waals surface area contributed by atoms with Crippen molar-refractivity contribution in [3.63, 3.8) is 0 Å². The highest BCUT2D eigenvalue weighted by Crippen LogP contribution is 2.48. The van der Waals surface area contributed by atoms with Crippen molar-refractivity contribution in [3.8, 4) is 0 Å². The van der Waals surface area contributed by atoms with Crippen molar-refractivity contribution in [1.29, 1.82) is 0 Å². The molecule has 27 heavy (non-hydrogen) atoms. The second-order valence-corrected chi connectivity index (χ2v) is 10.3. The van der Waals surface area contributed by atoms with Crippen LogP contribution in [-0.4, -0.2) is 45.4 Å². The van der Waals surface area contributed by atoms with Gasteiger partial charge in [0.05, 0.1) is 11.5 Å². The monoisotopic (exact) mass is 408 g/mol. The van der Waals surface area contributed by atoms with E-state index in [-0.39, 0.29) is 27.8 Å². The molecular weight excluding hydrogens is 388 g/mol. The van der Waals surface area contributed by atoms with Gasteiger partial charge in [0.25, 0.3) is 0 Å². The molecule has 2 fully saturated rings. The fraction of sp³-hybridized carbons (Fsp3) is 0.444. The molecule has 1 aromatic carbocycles. The average Bonchev–Trinajstić information content (AvgIpc) is 3.24. The van der Waals surface area contributed by atoms with E-state index >= 15 is 0 Å². The molecule has 3 atom stereocenters. The number of rotatable bonds is 4. The third-order valence-electron chi connectivity index (χ3n) is 5.39. The normalized spacial score (nSPS) is 25.4. The zero-order valence-corrected chi connectivity index (χ0v) is 16.4. The number of benzene rings is 1. The lowest BCUT2D eigenvalue weighted by Gasteiger charge is -2.32. The van der Waals surface area contributed by atoms with Crippen LogP contribution in [0.5, 0.6) is 0 Å². The summed E-state index contributed by atoms with van der Waals surface area (Å²) >= 11 is 1.00. The van der Waals surface area contributed by atoms with Gasteiger partial charge in [-0.05, 0) is 12.0 Å². The Labute approximate surface area is 161 Å². The van der Waals surface area contributed by atoms with Gasteiger partial charge in [-0.3, -0.25) is 10.1 Å². The molecule has 0 spiro atoms. The van der Waals surface area contributed by atoms with E-state index < -0.39 is 14.8 Å². The largest absolute Gasteiger partial charge is 0.381 e.